The maximum atomic E-state index is 12.0. The molecule has 1 saturated carbocycles. The molecule has 1 aliphatic rings. The summed E-state index contributed by atoms with van der Waals surface area (Å²) < 4.78 is 7.56. The Bertz CT molecular complexity index is 1050. The van der Waals surface area contributed by atoms with Crippen LogP contribution in [-0.2, 0) is 22.5 Å². The minimum Gasteiger partial charge on any atom is -0.384 e. The number of para-hydroxylation sites is 1. The van der Waals surface area contributed by atoms with E-state index in [1.54, 1.807) is 7.11 Å². The van der Waals surface area contributed by atoms with Crippen LogP contribution in [0.5, 0.6) is 0 Å². The second kappa shape index (κ2) is 8.60. The average Bonchev–Trinajstić information content (AvgIpc) is 3.36. The minimum atomic E-state index is -0.295. The molecule has 1 fully saturated rings. The Morgan fingerprint density at radius 1 is 1.20 bits per heavy atom. The number of primary amides is 1. The van der Waals surface area contributed by atoms with Gasteiger partial charge in [0.05, 0.1) is 17.6 Å². The molecule has 2 heterocycles. The Morgan fingerprint density at radius 3 is 2.70 bits per heavy atom. The van der Waals surface area contributed by atoms with Crippen LogP contribution in [0.2, 0.25) is 0 Å². The summed E-state index contributed by atoms with van der Waals surface area (Å²) in [6, 6.07) is 8.04. The number of nitrogens with two attached hydrogens (primary N) is 2. The topological polar surface area (TPSA) is 109 Å². The number of methoxy groups -OCH3 is 1. The number of nitrogens with zero attached hydrogens (tertiary/aromatic N) is 3. The monoisotopic (exact) mass is 409 g/mol. The van der Waals surface area contributed by atoms with Gasteiger partial charge in [0, 0.05) is 30.9 Å². The SMILES string of the molecule is COCCc1nc2c(N)nc3ccccc3c2n1CCCCC1(C(N)=O)CCCC1. The molecule has 1 aromatic carbocycles. The van der Waals surface area contributed by atoms with Gasteiger partial charge in [-0.1, -0.05) is 37.5 Å². The molecule has 0 radical (unpaired) electrons. The maximum Gasteiger partial charge on any atom is 0.223 e. The van der Waals surface area contributed by atoms with Gasteiger partial charge in [0.25, 0.3) is 0 Å². The summed E-state index contributed by atoms with van der Waals surface area (Å²) in [5.74, 6) is 1.29. The fourth-order valence-corrected chi connectivity index (χ4v) is 4.93. The zero-order valence-electron chi connectivity index (χ0n) is 17.7. The first-order valence-corrected chi connectivity index (χ1v) is 10.9. The number of carbonyl (C=O) groups is 1. The van der Waals surface area contributed by atoms with Crippen molar-refractivity contribution >= 4 is 33.7 Å². The van der Waals surface area contributed by atoms with E-state index in [1.165, 1.54) is 0 Å². The third-order valence-electron chi connectivity index (χ3n) is 6.59. The van der Waals surface area contributed by atoms with E-state index >= 15 is 0 Å². The van der Waals surface area contributed by atoms with Gasteiger partial charge < -0.3 is 20.8 Å². The van der Waals surface area contributed by atoms with Crippen LogP contribution < -0.4 is 11.5 Å². The molecule has 7 heteroatoms. The van der Waals surface area contributed by atoms with Crippen molar-refractivity contribution in [2.75, 3.05) is 19.5 Å². The maximum absolute atomic E-state index is 12.0. The summed E-state index contributed by atoms with van der Waals surface area (Å²) in [6.45, 7) is 1.41. The van der Waals surface area contributed by atoms with E-state index < -0.39 is 0 Å². The number of nitrogen functional groups attached to an aromatic ring is 1. The fraction of sp³-hybridized carbons (Fsp3) is 0.522. The quantitative estimate of drug-likeness (QED) is 0.525. The van der Waals surface area contributed by atoms with Crippen molar-refractivity contribution < 1.29 is 9.53 Å². The number of aromatic nitrogens is 3. The molecule has 4 rings (SSSR count). The van der Waals surface area contributed by atoms with E-state index in [0.29, 0.717) is 18.8 Å². The molecule has 7 nitrogen and oxygen atoms in total. The molecule has 0 saturated heterocycles. The molecule has 1 aliphatic carbocycles. The number of amides is 1. The average molecular weight is 410 g/mol. The van der Waals surface area contributed by atoms with E-state index in [-0.39, 0.29) is 11.3 Å². The molecule has 3 aromatic rings. The first-order chi connectivity index (χ1) is 14.6. The van der Waals surface area contributed by atoms with Gasteiger partial charge in [-0.25, -0.2) is 9.97 Å². The molecule has 1 amide bonds. The summed E-state index contributed by atoms with van der Waals surface area (Å²) in [6.07, 6.45) is 7.58. The lowest BCUT2D eigenvalue weighted by molar-refractivity contribution is -0.127. The number of fused-ring (bicyclic) bond motifs is 3. The van der Waals surface area contributed by atoms with Gasteiger partial charge in [0.1, 0.15) is 11.3 Å². The van der Waals surface area contributed by atoms with Gasteiger partial charge in [-0.05, 0) is 31.7 Å². The molecule has 0 unspecified atom stereocenters. The third-order valence-corrected chi connectivity index (χ3v) is 6.59. The van der Waals surface area contributed by atoms with Crippen molar-refractivity contribution in [2.45, 2.75) is 57.9 Å². The lowest BCUT2D eigenvalue weighted by atomic mass is 9.80. The van der Waals surface area contributed by atoms with Gasteiger partial charge in [-0.15, -0.1) is 0 Å². The van der Waals surface area contributed by atoms with E-state index in [2.05, 4.69) is 15.6 Å². The van der Waals surface area contributed by atoms with Crippen molar-refractivity contribution in [1.29, 1.82) is 0 Å². The van der Waals surface area contributed by atoms with Crippen LogP contribution in [0.4, 0.5) is 5.82 Å². The van der Waals surface area contributed by atoms with Crippen LogP contribution in [-0.4, -0.2) is 34.2 Å². The number of rotatable bonds is 9. The predicted molar refractivity (Wildman–Crippen MR) is 119 cm³/mol. The van der Waals surface area contributed by atoms with Crippen molar-refractivity contribution in [3.63, 3.8) is 0 Å². The Hall–Kier alpha value is -2.67. The zero-order chi connectivity index (χ0) is 21.1. The Balaban J connectivity index is 1.62. The lowest BCUT2D eigenvalue weighted by Gasteiger charge is -2.25. The number of aryl methyl sites for hydroxylation is 1. The highest BCUT2D eigenvalue weighted by Crippen LogP contribution is 2.42. The summed E-state index contributed by atoms with van der Waals surface area (Å²) in [4.78, 5) is 21.4. The number of ether oxygens (including phenoxy) is 1. The Morgan fingerprint density at radius 2 is 1.97 bits per heavy atom. The summed E-state index contributed by atoms with van der Waals surface area (Å²) in [7, 11) is 1.70. The van der Waals surface area contributed by atoms with Crippen molar-refractivity contribution in [1.82, 2.24) is 14.5 Å². The van der Waals surface area contributed by atoms with Crippen LogP contribution in [0.3, 0.4) is 0 Å². The number of unbranched alkanes of at least 4 members (excludes halogenated alkanes) is 1. The second-order valence-corrected chi connectivity index (χ2v) is 8.44. The highest BCUT2D eigenvalue weighted by atomic mass is 16.5. The molecule has 4 N–H and O–H groups in total. The number of hydrogen-bond acceptors (Lipinski definition) is 5. The molecular weight excluding hydrogens is 378 g/mol. The molecule has 0 aliphatic heterocycles. The predicted octanol–water partition coefficient (Wildman–Crippen LogP) is 3.57. The molecule has 2 aromatic heterocycles. The molecule has 0 bridgehead atoms. The third kappa shape index (κ3) is 3.74. The fourth-order valence-electron chi connectivity index (χ4n) is 4.93. The number of imidazole rings is 1. The molecule has 160 valence electrons. The number of benzene rings is 1. The molecule has 0 spiro atoms. The largest absolute Gasteiger partial charge is 0.384 e. The van der Waals surface area contributed by atoms with E-state index in [0.717, 1.165) is 79.3 Å². The van der Waals surface area contributed by atoms with Crippen LogP contribution in [0.15, 0.2) is 24.3 Å². The van der Waals surface area contributed by atoms with Crippen molar-refractivity contribution in [2.24, 2.45) is 11.1 Å². The van der Waals surface area contributed by atoms with Gasteiger partial charge in [0.15, 0.2) is 5.82 Å². The van der Waals surface area contributed by atoms with Crippen LogP contribution in [0, 0.1) is 5.41 Å². The van der Waals surface area contributed by atoms with Crippen molar-refractivity contribution in [3.05, 3.63) is 30.1 Å². The van der Waals surface area contributed by atoms with Gasteiger partial charge in [-0.2, -0.15) is 0 Å². The standard InChI is InChI=1S/C23H31N5O2/c1-30-15-10-18-27-19-20(16-8-2-3-9-17(16)26-21(19)24)28(18)14-7-6-13-23(22(25)29)11-4-5-12-23/h2-3,8-9H,4-7,10-15H2,1H3,(H2,24,26)(H2,25,29). The van der Waals surface area contributed by atoms with E-state index in [1.807, 2.05) is 18.2 Å². The highest BCUT2D eigenvalue weighted by Gasteiger charge is 2.38. The van der Waals surface area contributed by atoms with Gasteiger partial charge in [-0.3, -0.25) is 4.79 Å². The van der Waals surface area contributed by atoms with Gasteiger partial charge >= 0.3 is 0 Å². The van der Waals surface area contributed by atoms with E-state index in [9.17, 15) is 4.79 Å². The summed E-state index contributed by atoms with van der Waals surface area (Å²) >= 11 is 0. The number of hydrogen-bond donors (Lipinski definition) is 2. The minimum absolute atomic E-state index is 0.126. The molecule has 0 atom stereocenters. The van der Waals surface area contributed by atoms with Gasteiger partial charge in [0.2, 0.25) is 5.91 Å². The van der Waals surface area contributed by atoms with Crippen molar-refractivity contribution in [3.8, 4) is 0 Å². The van der Waals surface area contributed by atoms with Crippen LogP contribution in [0.1, 0.15) is 50.8 Å². The highest BCUT2D eigenvalue weighted by molar-refractivity contribution is 6.06. The number of anilines is 1. The number of carbonyl (C=O) groups excluding carboxylic acids is 1. The zero-order valence-corrected chi connectivity index (χ0v) is 17.7. The second-order valence-electron chi connectivity index (χ2n) is 8.44. The van der Waals surface area contributed by atoms with E-state index in [4.69, 9.17) is 21.2 Å². The smallest absolute Gasteiger partial charge is 0.223 e. The Labute approximate surface area is 176 Å². The Kier molecular flexibility index (Phi) is 5.90. The normalized spacial score (nSPS) is 15.9. The summed E-state index contributed by atoms with van der Waals surface area (Å²) in [5, 5.41) is 1.06. The summed E-state index contributed by atoms with van der Waals surface area (Å²) in [5.41, 5.74) is 14.4. The first kappa shape index (κ1) is 20.6. The molecular formula is C23H31N5O2. The van der Waals surface area contributed by atoms with Crippen LogP contribution in [0.25, 0.3) is 21.9 Å². The number of pyridine rings is 1. The van der Waals surface area contributed by atoms with Crippen LogP contribution >= 0.6 is 0 Å². The first-order valence-electron chi connectivity index (χ1n) is 10.9. The molecule has 30 heavy (non-hydrogen) atoms. The lowest BCUT2D eigenvalue weighted by Crippen LogP contribution is -2.34.